The molecule has 0 amide bonds. The first kappa shape index (κ1) is 58.9. The largest absolute Gasteiger partial charge is 0.472 e. The lowest BCUT2D eigenvalue weighted by Crippen LogP contribution is -2.37. The zero-order valence-electron chi connectivity index (χ0n) is 39.8. The predicted octanol–water partition coefficient (Wildman–Crippen LogP) is 14.1. The number of esters is 2. The van der Waals surface area contributed by atoms with Crippen LogP contribution in [0.25, 0.3) is 0 Å². The Bertz CT molecular complexity index is 1370. The van der Waals surface area contributed by atoms with Crippen molar-refractivity contribution in [2.24, 2.45) is 0 Å². The molecule has 2 atom stereocenters. The number of rotatable bonds is 42. The number of nitrogens with zero attached hydrogens (tertiary/aromatic N) is 1. The zero-order chi connectivity index (χ0) is 45.7. The molecule has 0 radical (unpaired) electrons. The van der Waals surface area contributed by atoms with Crippen LogP contribution in [0.2, 0.25) is 0 Å². The number of phosphoric acid groups is 1. The Balaban J connectivity index is 4.34. The van der Waals surface area contributed by atoms with Crippen molar-refractivity contribution in [1.82, 2.24) is 0 Å². The second kappa shape index (κ2) is 43.2. The van der Waals surface area contributed by atoms with Crippen molar-refractivity contribution in [2.45, 2.75) is 174 Å². The van der Waals surface area contributed by atoms with Gasteiger partial charge in [0.25, 0.3) is 0 Å². The number of hydrogen-bond donors (Lipinski definition) is 1. The molecule has 2 unspecified atom stereocenters. The Morgan fingerprint density at radius 2 is 0.871 bits per heavy atom. The van der Waals surface area contributed by atoms with Crippen LogP contribution in [0.3, 0.4) is 0 Å². The first-order chi connectivity index (χ1) is 30.0. The van der Waals surface area contributed by atoms with Crippen molar-refractivity contribution in [2.75, 3.05) is 47.5 Å². The first-order valence-electron chi connectivity index (χ1n) is 24.0. The summed E-state index contributed by atoms with van der Waals surface area (Å²) < 4.78 is 34.3. The van der Waals surface area contributed by atoms with Crippen LogP contribution in [0.5, 0.6) is 0 Å². The van der Waals surface area contributed by atoms with Crippen molar-refractivity contribution in [1.29, 1.82) is 0 Å². The summed E-state index contributed by atoms with van der Waals surface area (Å²) in [6, 6.07) is 0. The molecular weight excluding hydrogens is 798 g/mol. The van der Waals surface area contributed by atoms with E-state index in [2.05, 4.69) is 111 Å². The molecule has 0 aliphatic rings. The standard InChI is InChI=1S/C52H88NO8P/c1-6-8-10-12-14-16-18-20-22-23-24-25-26-27-28-29-31-33-35-37-39-41-43-45-52(55)61-50(49-60-62(56,57)59-47-46-53(3,4)5)48-58-51(54)44-42-40-38-36-34-32-30-21-19-17-15-13-11-9-7-2/h8-11,14-17,20-22,24-25,30,34,36,50H,6-7,12-13,18-19,23,26-29,31-33,35,37-49H2,1-5H3/p+1/b10-8-,11-9-,16-14-,17-15-,22-20-,25-24-,30-21-,36-34-. The van der Waals surface area contributed by atoms with Gasteiger partial charge < -0.3 is 18.9 Å². The molecule has 9 nitrogen and oxygen atoms in total. The van der Waals surface area contributed by atoms with Crippen LogP contribution in [-0.2, 0) is 32.7 Å². The van der Waals surface area contributed by atoms with Crippen LogP contribution in [0.1, 0.15) is 168 Å². The summed E-state index contributed by atoms with van der Waals surface area (Å²) in [5.74, 6) is -0.860. The summed E-state index contributed by atoms with van der Waals surface area (Å²) in [5.41, 5.74) is 0. The smallest absolute Gasteiger partial charge is 0.462 e. The highest BCUT2D eigenvalue weighted by molar-refractivity contribution is 7.47. The topological polar surface area (TPSA) is 108 Å². The quantitative estimate of drug-likeness (QED) is 0.0212. The van der Waals surface area contributed by atoms with Gasteiger partial charge in [0, 0.05) is 12.8 Å². The predicted molar refractivity (Wildman–Crippen MR) is 261 cm³/mol. The van der Waals surface area contributed by atoms with Crippen molar-refractivity contribution in [3.63, 3.8) is 0 Å². The number of ether oxygens (including phenoxy) is 2. The highest BCUT2D eigenvalue weighted by Gasteiger charge is 2.27. The average Bonchev–Trinajstić information content (AvgIpc) is 3.23. The van der Waals surface area contributed by atoms with Crippen LogP contribution in [0, 0.1) is 0 Å². The van der Waals surface area contributed by atoms with Crippen molar-refractivity contribution < 1.29 is 42.1 Å². The van der Waals surface area contributed by atoms with E-state index in [9.17, 15) is 19.0 Å². The molecule has 0 aromatic heterocycles. The van der Waals surface area contributed by atoms with E-state index in [0.29, 0.717) is 23.9 Å². The van der Waals surface area contributed by atoms with E-state index in [1.807, 2.05) is 21.1 Å². The van der Waals surface area contributed by atoms with Crippen LogP contribution < -0.4 is 0 Å². The molecule has 10 heteroatoms. The van der Waals surface area contributed by atoms with Gasteiger partial charge in [0.1, 0.15) is 19.8 Å². The lowest BCUT2D eigenvalue weighted by molar-refractivity contribution is -0.870. The third kappa shape index (κ3) is 46.4. The highest BCUT2D eigenvalue weighted by atomic mass is 31.2. The average molecular weight is 887 g/mol. The molecule has 0 heterocycles. The van der Waals surface area contributed by atoms with Gasteiger partial charge in [-0.3, -0.25) is 18.6 Å². The maximum Gasteiger partial charge on any atom is 0.472 e. The summed E-state index contributed by atoms with van der Waals surface area (Å²) in [6.45, 7) is 4.13. The fraction of sp³-hybridized carbons (Fsp3) is 0.654. The van der Waals surface area contributed by atoms with E-state index in [1.54, 1.807) is 0 Å². The maximum atomic E-state index is 12.7. The van der Waals surface area contributed by atoms with E-state index >= 15 is 0 Å². The van der Waals surface area contributed by atoms with Gasteiger partial charge in [-0.1, -0.05) is 162 Å². The molecule has 354 valence electrons. The molecule has 0 aromatic carbocycles. The minimum absolute atomic E-state index is 0.0187. The summed E-state index contributed by atoms with van der Waals surface area (Å²) in [6.07, 6.45) is 57.5. The zero-order valence-corrected chi connectivity index (χ0v) is 40.7. The molecule has 0 aliphatic carbocycles. The fourth-order valence-electron chi connectivity index (χ4n) is 5.94. The second-order valence-electron chi connectivity index (χ2n) is 16.7. The lowest BCUT2D eigenvalue weighted by Gasteiger charge is -2.24. The maximum absolute atomic E-state index is 12.7. The number of allylic oxidation sites excluding steroid dienone is 16. The molecule has 0 saturated heterocycles. The van der Waals surface area contributed by atoms with Gasteiger partial charge in [-0.15, -0.1) is 0 Å². The summed E-state index contributed by atoms with van der Waals surface area (Å²) in [5, 5.41) is 0. The molecule has 0 spiro atoms. The van der Waals surface area contributed by atoms with Crippen LogP contribution in [0.4, 0.5) is 0 Å². The third-order valence-corrected chi connectivity index (χ3v) is 10.6. The molecule has 0 aliphatic heterocycles. The molecule has 62 heavy (non-hydrogen) atoms. The number of hydrogen-bond acceptors (Lipinski definition) is 7. The molecular formula is C52H89NO8P+. The van der Waals surface area contributed by atoms with Crippen LogP contribution in [-0.4, -0.2) is 74.9 Å². The third-order valence-electron chi connectivity index (χ3n) is 9.61. The number of carbonyl (C=O) groups excluding carboxylic acids is 2. The first-order valence-corrected chi connectivity index (χ1v) is 25.5. The number of quaternary nitrogens is 1. The Morgan fingerprint density at radius 3 is 1.32 bits per heavy atom. The van der Waals surface area contributed by atoms with E-state index < -0.39 is 32.5 Å². The van der Waals surface area contributed by atoms with Crippen LogP contribution in [0.15, 0.2) is 97.2 Å². The molecule has 0 fully saturated rings. The van der Waals surface area contributed by atoms with Crippen molar-refractivity contribution in [3.05, 3.63) is 97.2 Å². The number of phosphoric ester groups is 1. The minimum atomic E-state index is -4.40. The molecule has 0 bridgehead atoms. The number of likely N-dealkylation sites (N-methyl/N-ethyl adjacent to an activating group) is 1. The lowest BCUT2D eigenvalue weighted by atomic mass is 10.0. The molecule has 0 rings (SSSR count). The second-order valence-corrected chi connectivity index (χ2v) is 18.2. The normalized spacial score (nSPS) is 14.4. The number of carbonyl (C=O) groups is 2. The van der Waals surface area contributed by atoms with E-state index in [0.717, 1.165) is 89.9 Å². The fourth-order valence-corrected chi connectivity index (χ4v) is 6.68. The summed E-state index contributed by atoms with van der Waals surface area (Å²) in [7, 11) is 1.43. The van der Waals surface area contributed by atoms with Gasteiger partial charge in [-0.25, -0.2) is 4.57 Å². The van der Waals surface area contributed by atoms with Crippen molar-refractivity contribution >= 4 is 19.8 Å². The van der Waals surface area contributed by atoms with Gasteiger partial charge in [0.05, 0.1) is 27.7 Å². The Hall–Kier alpha value is -3.07. The van der Waals surface area contributed by atoms with Crippen molar-refractivity contribution in [3.8, 4) is 0 Å². The molecule has 0 aromatic rings. The minimum Gasteiger partial charge on any atom is -0.462 e. The van der Waals surface area contributed by atoms with Crippen LogP contribution >= 0.6 is 7.82 Å². The van der Waals surface area contributed by atoms with Gasteiger partial charge in [0.15, 0.2) is 6.10 Å². The summed E-state index contributed by atoms with van der Waals surface area (Å²) >= 11 is 0. The van der Waals surface area contributed by atoms with Gasteiger partial charge in [-0.05, 0) is 89.9 Å². The number of unbranched alkanes of at least 4 members (excludes halogenated alkanes) is 12. The van der Waals surface area contributed by atoms with E-state index in [4.69, 9.17) is 18.5 Å². The van der Waals surface area contributed by atoms with Gasteiger partial charge >= 0.3 is 19.8 Å². The SMILES string of the molecule is CC/C=C\C/C=C\C/C=C\C/C=C\CCCCCCCCCCCCC(=O)OC(COC(=O)CCCC/C=C\C/C=C\C/C=C\C/C=C\CC)COP(=O)(O)OCC[N+](C)(C)C. The van der Waals surface area contributed by atoms with E-state index in [-0.39, 0.29) is 26.1 Å². The Morgan fingerprint density at radius 1 is 0.500 bits per heavy atom. The Kier molecular flexibility index (Phi) is 41.1. The summed E-state index contributed by atoms with van der Waals surface area (Å²) in [4.78, 5) is 35.5. The van der Waals surface area contributed by atoms with Gasteiger partial charge in [0.2, 0.25) is 0 Å². The molecule has 1 N–H and O–H groups in total. The highest BCUT2D eigenvalue weighted by Crippen LogP contribution is 2.43. The van der Waals surface area contributed by atoms with E-state index in [1.165, 1.54) is 38.5 Å². The van der Waals surface area contributed by atoms with Gasteiger partial charge in [-0.2, -0.15) is 0 Å². The Labute approximate surface area is 379 Å². The molecule has 0 saturated carbocycles. The monoisotopic (exact) mass is 887 g/mol.